The molecule has 1 N–H and O–H groups in total. The second kappa shape index (κ2) is 8.89. The van der Waals surface area contributed by atoms with E-state index in [0.717, 1.165) is 5.41 Å². The Balaban J connectivity index is 3.95. The molecule has 0 bridgehead atoms. The number of Topliss-reactive ketones (excluding diaryl/α,β-unsaturated/α-hetero) is 1. The molecular weight excluding hydrogens is 278 g/mol. The number of hydrogen-bond acceptors (Lipinski definition) is 4. The molecule has 0 heterocycles. The van der Waals surface area contributed by atoms with E-state index in [9.17, 15) is 18.0 Å². The third-order valence-electron chi connectivity index (χ3n) is 3.01. The van der Waals surface area contributed by atoms with Crippen LogP contribution >= 0.6 is 0 Å². The fourth-order valence-electron chi connectivity index (χ4n) is 1.83. The lowest BCUT2D eigenvalue weighted by atomic mass is 10.0. The van der Waals surface area contributed by atoms with Crippen molar-refractivity contribution < 1.29 is 18.0 Å². The average molecular weight is 303 g/mol. The van der Waals surface area contributed by atoms with Crippen LogP contribution in [-0.2, 0) is 19.4 Å². The fourth-order valence-corrected chi connectivity index (χ4v) is 2.61. The molecule has 5 nitrogen and oxygen atoms in total. The smallest absolute Gasteiger partial charge is 0.220 e. The van der Waals surface area contributed by atoms with Crippen LogP contribution in [0.15, 0.2) is 12.0 Å². The molecule has 0 aromatic heterocycles. The summed E-state index contributed by atoms with van der Waals surface area (Å²) >= 11 is 0. The second-order valence-electron chi connectivity index (χ2n) is 5.24. The Hall–Kier alpha value is -1.17. The second-order valence-corrected chi connectivity index (χ2v) is 7.31. The van der Waals surface area contributed by atoms with Gasteiger partial charge in [-0.25, -0.2) is 8.42 Å². The lowest BCUT2D eigenvalue weighted by Gasteiger charge is -2.19. The number of ketones is 1. The minimum Gasteiger partial charge on any atom is -0.346 e. The molecule has 0 rings (SSSR count). The van der Waals surface area contributed by atoms with E-state index in [1.807, 2.05) is 13.8 Å². The molecule has 0 aliphatic heterocycles. The molecule has 0 saturated heterocycles. The van der Waals surface area contributed by atoms with Crippen LogP contribution in [0.5, 0.6) is 0 Å². The Bertz CT molecular complexity index is 440. The van der Waals surface area contributed by atoms with Gasteiger partial charge in [-0.3, -0.25) is 9.59 Å². The number of hydrogen-bond donors (Lipinski definition) is 1. The van der Waals surface area contributed by atoms with Crippen molar-refractivity contribution in [3.63, 3.8) is 0 Å². The van der Waals surface area contributed by atoms with Gasteiger partial charge in [-0.05, 0) is 25.7 Å². The van der Waals surface area contributed by atoms with Crippen molar-refractivity contribution in [2.24, 2.45) is 5.92 Å². The van der Waals surface area contributed by atoms with Crippen molar-refractivity contribution >= 4 is 21.5 Å². The normalized spacial score (nSPS) is 13.0. The first-order valence-electron chi connectivity index (χ1n) is 6.84. The first-order valence-corrected chi connectivity index (χ1v) is 8.56. The predicted molar refractivity (Wildman–Crippen MR) is 79.9 cm³/mol. The van der Waals surface area contributed by atoms with Crippen LogP contribution in [0.3, 0.4) is 0 Å². The van der Waals surface area contributed by atoms with Crippen LogP contribution < -0.4 is 5.32 Å². The van der Waals surface area contributed by atoms with E-state index in [0.29, 0.717) is 25.7 Å². The number of rotatable bonds is 10. The summed E-state index contributed by atoms with van der Waals surface area (Å²) in [5, 5.41) is 3.67. The number of unbranched alkanes of at least 4 members (excludes halogenated alkanes) is 2. The van der Waals surface area contributed by atoms with Gasteiger partial charge in [-0.15, -0.1) is 0 Å². The Kier molecular flexibility index (Phi) is 8.37. The van der Waals surface area contributed by atoms with E-state index in [1.54, 1.807) is 0 Å². The van der Waals surface area contributed by atoms with Crippen LogP contribution in [0.4, 0.5) is 0 Å². The number of carbonyl (C=O) groups is 2. The first-order chi connectivity index (χ1) is 9.19. The van der Waals surface area contributed by atoms with Gasteiger partial charge in [0.25, 0.3) is 0 Å². The van der Waals surface area contributed by atoms with Gasteiger partial charge >= 0.3 is 0 Å². The van der Waals surface area contributed by atoms with E-state index >= 15 is 0 Å². The highest BCUT2D eigenvalue weighted by Crippen LogP contribution is 2.06. The lowest BCUT2D eigenvalue weighted by molar-refractivity contribution is -0.127. The minimum atomic E-state index is -3.14. The monoisotopic (exact) mass is 303 g/mol. The summed E-state index contributed by atoms with van der Waals surface area (Å²) in [6.07, 6.45) is 2.10. The average Bonchev–Trinajstić information content (AvgIpc) is 2.34. The number of sulfone groups is 1. The highest BCUT2D eigenvalue weighted by molar-refractivity contribution is 7.94. The zero-order valence-corrected chi connectivity index (χ0v) is 13.3. The maximum Gasteiger partial charge on any atom is 0.220 e. The molecule has 6 heteroatoms. The third kappa shape index (κ3) is 8.09. The van der Waals surface area contributed by atoms with E-state index in [4.69, 9.17) is 0 Å². The molecule has 1 atom stereocenters. The fraction of sp³-hybridized carbons (Fsp3) is 0.714. The lowest BCUT2D eigenvalue weighted by Crippen LogP contribution is -2.43. The molecule has 0 aromatic rings. The van der Waals surface area contributed by atoms with Gasteiger partial charge in [-0.2, -0.15) is 0 Å². The maximum absolute atomic E-state index is 11.7. The zero-order valence-electron chi connectivity index (χ0n) is 12.5. The van der Waals surface area contributed by atoms with Gasteiger partial charge in [0.15, 0.2) is 15.6 Å². The number of nitrogens with one attached hydrogen (secondary N) is 1. The van der Waals surface area contributed by atoms with E-state index in [1.165, 1.54) is 6.92 Å². The van der Waals surface area contributed by atoms with Gasteiger partial charge < -0.3 is 5.32 Å². The van der Waals surface area contributed by atoms with Crippen molar-refractivity contribution in [3.05, 3.63) is 12.0 Å². The molecule has 0 unspecified atom stereocenters. The van der Waals surface area contributed by atoms with E-state index < -0.39 is 15.9 Å². The minimum absolute atomic E-state index is 0.0505. The molecule has 0 aromatic carbocycles. The van der Waals surface area contributed by atoms with Crippen molar-refractivity contribution in [1.82, 2.24) is 5.32 Å². The standard InChI is InChI=1S/C14H25NO4S/c1-5-20(18,19)10-8-6-7-9-13(17)15-14(11(2)3)12(4)16/h5,11,14H,1,6-10H2,2-4H3,(H,15,17)/t14-/m0/s1. The molecule has 0 fully saturated rings. The van der Waals surface area contributed by atoms with Gasteiger partial charge in [0.1, 0.15) is 0 Å². The maximum atomic E-state index is 11.7. The molecule has 20 heavy (non-hydrogen) atoms. The molecular formula is C14H25NO4S. The van der Waals surface area contributed by atoms with Crippen LogP contribution in [0.1, 0.15) is 46.5 Å². The van der Waals surface area contributed by atoms with Crippen molar-refractivity contribution in [3.8, 4) is 0 Å². The van der Waals surface area contributed by atoms with Gasteiger partial charge in [0, 0.05) is 11.8 Å². The Morgan fingerprint density at radius 3 is 2.25 bits per heavy atom. The topological polar surface area (TPSA) is 80.3 Å². The molecule has 0 aliphatic rings. The Labute approximate surface area is 121 Å². The van der Waals surface area contributed by atoms with Crippen molar-refractivity contribution in [1.29, 1.82) is 0 Å². The number of carbonyl (C=O) groups excluding carboxylic acids is 2. The molecule has 1 amide bonds. The molecule has 0 saturated carbocycles. The van der Waals surface area contributed by atoms with Gasteiger partial charge in [0.2, 0.25) is 5.91 Å². The molecule has 0 aliphatic carbocycles. The van der Waals surface area contributed by atoms with Crippen molar-refractivity contribution in [2.45, 2.75) is 52.5 Å². The van der Waals surface area contributed by atoms with Gasteiger partial charge in [-0.1, -0.05) is 26.8 Å². The van der Waals surface area contributed by atoms with Crippen LogP contribution in [-0.4, -0.2) is 31.9 Å². The first kappa shape index (κ1) is 18.8. The largest absolute Gasteiger partial charge is 0.346 e. The number of amides is 1. The van der Waals surface area contributed by atoms with Crippen LogP contribution in [0.2, 0.25) is 0 Å². The van der Waals surface area contributed by atoms with Crippen molar-refractivity contribution in [2.75, 3.05) is 5.75 Å². The highest BCUT2D eigenvalue weighted by atomic mass is 32.2. The van der Waals surface area contributed by atoms with Crippen LogP contribution in [0, 0.1) is 5.92 Å². The third-order valence-corrected chi connectivity index (χ3v) is 4.37. The molecule has 116 valence electrons. The van der Waals surface area contributed by atoms with E-state index in [-0.39, 0.29) is 23.4 Å². The molecule has 0 radical (unpaired) electrons. The summed E-state index contributed by atoms with van der Waals surface area (Å²) in [4.78, 5) is 23.0. The van der Waals surface area contributed by atoms with E-state index in [2.05, 4.69) is 11.9 Å². The molecule has 0 spiro atoms. The summed E-state index contributed by atoms with van der Waals surface area (Å²) in [7, 11) is -3.14. The summed E-state index contributed by atoms with van der Waals surface area (Å²) in [5.74, 6) is -0.0784. The van der Waals surface area contributed by atoms with Gasteiger partial charge in [0.05, 0.1) is 11.8 Å². The predicted octanol–water partition coefficient (Wildman–Crippen LogP) is 1.83. The summed E-state index contributed by atoms with van der Waals surface area (Å²) in [5.41, 5.74) is 0. The summed E-state index contributed by atoms with van der Waals surface area (Å²) in [6, 6.07) is -0.441. The summed E-state index contributed by atoms with van der Waals surface area (Å²) < 4.78 is 22.3. The SMILES string of the molecule is C=CS(=O)(=O)CCCCCC(=O)N[C@H](C(C)=O)C(C)C. The Morgan fingerprint density at radius 1 is 1.20 bits per heavy atom. The zero-order chi connectivity index (χ0) is 15.8. The van der Waals surface area contributed by atoms with Crippen LogP contribution in [0.25, 0.3) is 0 Å². The quantitative estimate of drug-likeness (QED) is 0.624. The Morgan fingerprint density at radius 2 is 1.80 bits per heavy atom. The summed E-state index contributed by atoms with van der Waals surface area (Å²) in [6.45, 7) is 8.47. The highest BCUT2D eigenvalue weighted by Gasteiger charge is 2.20.